The first kappa shape index (κ1) is 13.0. The molecule has 0 unspecified atom stereocenters. The molecule has 4 nitrogen and oxygen atoms in total. The molecule has 0 radical (unpaired) electrons. The molecule has 2 aromatic rings. The summed E-state index contributed by atoms with van der Waals surface area (Å²) in [6, 6.07) is 10.4. The Morgan fingerprint density at radius 1 is 1.28 bits per heavy atom. The van der Waals surface area contributed by atoms with E-state index in [0.717, 1.165) is 30.8 Å². The van der Waals surface area contributed by atoms with E-state index in [1.165, 1.54) is 4.90 Å². The Hall–Kier alpha value is -1.49. The number of nitrogens with two attached hydrogens (primary N) is 1. The van der Waals surface area contributed by atoms with Crippen molar-refractivity contribution in [2.45, 2.75) is 31.2 Å². The predicted molar refractivity (Wildman–Crippen MR) is 75.6 cm³/mol. The number of aryl methyl sites for hydroxylation is 1. The molecule has 2 rings (SSSR count). The van der Waals surface area contributed by atoms with Crippen LogP contribution in [0.1, 0.15) is 19.0 Å². The average molecular weight is 262 g/mol. The van der Waals surface area contributed by atoms with Crippen molar-refractivity contribution >= 4 is 17.6 Å². The van der Waals surface area contributed by atoms with Gasteiger partial charge in [-0.2, -0.15) is 0 Å². The van der Waals surface area contributed by atoms with Gasteiger partial charge in [0, 0.05) is 10.6 Å². The van der Waals surface area contributed by atoms with Crippen LogP contribution >= 0.6 is 11.8 Å². The minimum atomic E-state index is 0.571. The number of hydrogen-bond acceptors (Lipinski definition) is 4. The standard InChI is InChI=1S/C13H18N4S/c1-2-6-12-13(14)15-16-17(12)9-10-18-11-7-4-3-5-8-11/h3-5,7-8H,2,6,9-10,14H2,1H3. The van der Waals surface area contributed by atoms with Gasteiger partial charge in [0.2, 0.25) is 0 Å². The molecule has 0 spiro atoms. The van der Waals surface area contributed by atoms with E-state index in [1.807, 2.05) is 22.5 Å². The molecule has 96 valence electrons. The van der Waals surface area contributed by atoms with Gasteiger partial charge in [0.05, 0.1) is 12.2 Å². The summed E-state index contributed by atoms with van der Waals surface area (Å²) >= 11 is 1.82. The van der Waals surface area contributed by atoms with E-state index in [-0.39, 0.29) is 0 Å². The minimum absolute atomic E-state index is 0.571. The van der Waals surface area contributed by atoms with Crippen molar-refractivity contribution in [2.75, 3.05) is 11.5 Å². The summed E-state index contributed by atoms with van der Waals surface area (Å²) in [7, 11) is 0. The molecule has 0 aliphatic rings. The summed E-state index contributed by atoms with van der Waals surface area (Å²) in [4.78, 5) is 1.28. The van der Waals surface area contributed by atoms with Crippen molar-refractivity contribution < 1.29 is 0 Å². The molecule has 0 amide bonds. The fraction of sp³-hybridized carbons (Fsp3) is 0.385. The van der Waals surface area contributed by atoms with Crippen molar-refractivity contribution in [3.05, 3.63) is 36.0 Å². The molecule has 0 saturated carbocycles. The van der Waals surface area contributed by atoms with Crippen LogP contribution in [0.2, 0.25) is 0 Å². The third kappa shape index (κ3) is 3.26. The molecule has 1 aromatic carbocycles. The molecule has 1 aromatic heterocycles. The SMILES string of the molecule is CCCc1c(N)nnn1CCSc1ccccc1. The van der Waals surface area contributed by atoms with Gasteiger partial charge in [-0.25, -0.2) is 4.68 Å². The minimum Gasteiger partial charge on any atom is -0.381 e. The fourth-order valence-corrected chi connectivity index (χ4v) is 2.64. The number of nitrogens with zero attached hydrogens (tertiary/aromatic N) is 3. The number of thioether (sulfide) groups is 1. The van der Waals surface area contributed by atoms with Crippen molar-refractivity contribution in [1.82, 2.24) is 15.0 Å². The third-order valence-corrected chi connectivity index (χ3v) is 3.66. The smallest absolute Gasteiger partial charge is 0.169 e. The Kier molecular flexibility index (Phi) is 4.64. The summed E-state index contributed by atoms with van der Waals surface area (Å²) in [6.45, 7) is 2.98. The molecule has 0 aliphatic carbocycles. The van der Waals surface area contributed by atoms with Crippen molar-refractivity contribution in [3.63, 3.8) is 0 Å². The molecule has 5 heteroatoms. The lowest BCUT2D eigenvalue weighted by molar-refractivity contribution is 0.598. The van der Waals surface area contributed by atoms with Gasteiger partial charge >= 0.3 is 0 Å². The highest BCUT2D eigenvalue weighted by Gasteiger charge is 2.08. The first-order valence-electron chi connectivity index (χ1n) is 6.17. The molecule has 0 saturated heterocycles. The highest BCUT2D eigenvalue weighted by Crippen LogP contribution is 2.18. The van der Waals surface area contributed by atoms with Crippen LogP contribution in [0, 0.1) is 0 Å². The normalized spacial score (nSPS) is 10.7. The van der Waals surface area contributed by atoms with E-state index in [4.69, 9.17) is 5.73 Å². The maximum absolute atomic E-state index is 5.81. The highest BCUT2D eigenvalue weighted by atomic mass is 32.2. The second-order valence-corrected chi connectivity index (χ2v) is 5.22. The third-order valence-electron chi connectivity index (χ3n) is 2.67. The van der Waals surface area contributed by atoms with E-state index in [2.05, 4.69) is 41.5 Å². The lowest BCUT2D eigenvalue weighted by Gasteiger charge is -2.05. The van der Waals surface area contributed by atoms with Gasteiger partial charge in [0.25, 0.3) is 0 Å². The maximum Gasteiger partial charge on any atom is 0.169 e. The second kappa shape index (κ2) is 6.44. The molecule has 0 bridgehead atoms. The van der Waals surface area contributed by atoms with Gasteiger partial charge in [-0.05, 0) is 18.6 Å². The van der Waals surface area contributed by atoms with Gasteiger partial charge in [-0.3, -0.25) is 0 Å². The zero-order chi connectivity index (χ0) is 12.8. The summed E-state index contributed by atoms with van der Waals surface area (Å²) in [5, 5.41) is 8.04. The second-order valence-electron chi connectivity index (χ2n) is 4.06. The largest absolute Gasteiger partial charge is 0.381 e. The number of hydrogen-bond donors (Lipinski definition) is 1. The van der Waals surface area contributed by atoms with Crippen LogP contribution < -0.4 is 5.73 Å². The first-order chi connectivity index (χ1) is 8.81. The van der Waals surface area contributed by atoms with Crippen LogP contribution in [0.3, 0.4) is 0 Å². The first-order valence-corrected chi connectivity index (χ1v) is 7.15. The molecule has 2 N–H and O–H groups in total. The number of benzene rings is 1. The van der Waals surface area contributed by atoms with Crippen LogP contribution in [0.25, 0.3) is 0 Å². The molecule has 0 fully saturated rings. The van der Waals surface area contributed by atoms with Gasteiger partial charge in [0.15, 0.2) is 5.82 Å². The molecule has 0 aliphatic heterocycles. The van der Waals surface area contributed by atoms with E-state index in [0.29, 0.717) is 5.82 Å². The topological polar surface area (TPSA) is 56.7 Å². The lowest BCUT2D eigenvalue weighted by atomic mass is 10.2. The van der Waals surface area contributed by atoms with Gasteiger partial charge in [-0.1, -0.05) is 36.8 Å². The monoisotopic (exact) mass is 262 g/mol. The van der Waals surface area contributed by atoms with Gasteiger partial charge in [-0.15, -0.1) is 16.9 Å². The van der Waals surface area contributed by atoms with Gasteiger partial charge < -0.3 is 5.73 Å². The van der Waals surface area contributed by atoms with E-state index >= 15 is 0 Å². The highest BCUT2D eigenvalue weighted by molar-refractivity contribution is 7.99. The van der Waals surface area contributed by atoms with Crippen molar-refractivity contribution in [3.8, 4) is 0 Å². The van der Waals surface area contributed by atoms with Gasteiger partial charge in [0.1, 0.15) is 0 Å². The predicted octanol–water partition coefficient (Wildman–Crippen LogP) is 2.61. The Morgan fingerprint density at radius 3 is 2.78 bits per heavy atom. The maximum atomic E-state index is 5.81. The van der Waals surface area contributed by atoms with Crippen molar-refractivity contribution in [1.29, 1.82) is 0 Å². The summed E-state index contributed by atoms with van der Waals surface area (Å²) in [5.41, 5.74) is 6.87. The number of aromatic nitrogens is 3. The quantitative estimate of drug-likeness (QED) is 0.813. The summed E-state index contributed by atoms with van der Waals surface area (Å²) in [5.74, 6) is 1.55. The lowest BCUT2D eigenvalue weighted by Crippen LogP contribution is -2.08. The van der Waals surface area contributed by atoms with Crippen LogP contribution in [-0.4, -0.2) is 20.7 Å². The molecule has 0 atom stereocenters. The Balaban J connectivity index is 1.90. The zero-order valence-corrected chi connectivity index (χ0v) is 11.4. The Bertz CT molecular complexity index is 481. The van der Waals surface area contributed by atoms with E-state index in [9.17, 15) is 0 Å². The van der Waals surface area contributed by atoms with Crippen LogP contribution in [0.5, 0.6) is 0 Å². The Morgan fingerprint density at radius 2 is 2.06 bits per heavy atom. The summed E-state index contributed by atoms with van der Waals surface area (Å²) < 4.78 is 1.93. The Labute approximate surface area is 112 Å². The molecular weight excluding hydrogens is 244 g/mol. The van der Waals surface area contributed by atoms with Crippen LogP contribution in [0.15, 0.2) is 35.2 Å². The molecule has 18 heavy (non-hydrogen) atoms. The van der Waals surface area contributed by atoms with Crippen LogP contribution in [-0.2, 0) is 13.0 Å². The van der Waals surface area contributed by atoms with E-state index < -0.39 is 0 Å². The van der Waals surface area contributed by atoms with E-state index in [1.54, 1.807) is 0 Å². The number of anilines is 1. The average Bonchev–Trinajstić information content (AvgIpc) is 2.73. The number of rotatable bonds is 6. The summed E-state index contributed by atoms with van der Waals surface area (Å²) in [6.07, 6.45) is 2.00. The fourth-order valence-electron chi connectivity index (χ4n) is 1.79. The zero-order valence-electron chi connectivity index (χ0n) is 10.5. The number of nitrogen functional groups attached to an aromatic ring is 1. The van der Waals surface area contributed by atoms with Crippen LogP contribution in [0.4, 0.5) is 5.82 Å². The van der Waals surface area contributed by atoms with Crippen molar-refractivity contribution in [2.24, 2.45) is 0 Å². The molecule has 1 heterocycles. The molecular formula is C13H18N4S.